The monoisotopic (exact) mass is 531 g/mol. The number of fused-ring (bicyclic) bond motifs is 1. The number of ether oxygens (including phenoxy) is 1. The SMILES string of the molecule is CCOc1cccc(Cn2ncc3c(N4CCN(C(=O)[C@H]5CC[C@H](N6CCCCC6)CC5)CC4)ncnc32)c1. The third-order valence-corrected chi connectivity index (χ3v) is 8.80. The van der Waals surface area contributed by atoms with Gasteiger partial charge in [-0.25, -0.2) is 14.6 Å². The van der Waals surface area contributed by atoms with Gasteiger partial charge in [0.2, 0.25) is 5.91 Å². The molecular formula is C30H41N7O2. The standard InChI is InChI=1S/C30H41N7O2/c1-2-39-26-8-6-7-23(19-26)21-37-29-27(20-33-37)28(31-22-32-29)35-15-17-36(18-16-35)30(38)24-9-11-25(12-10-24)34-13-4-3-5-14-34/h6-8,19-20,22,24-25H,2-5,9-18,21H2,1H3/t24-,25-. The number of anilines is 1. The number of nitrogens with zero attached hydrogens (tertiary/aromatic N) is 7. The average molecular weight is 532 g/mol. The van der Waals surface area contributed by atoms with Crippen molar-refractivity contribution in [3.05, 3.63) is 42.4 Å². The Kier molecular flexibility index (Phi) is 7.95. The Morgan fingerprint density at radius 2 is 1.77 bits per heavy atom. The lowest BCUT2D eigenvalue weighted by Gasteiger charge is -2.41. The molecule has 2 aliphatic heterocycles. The Balaban J connectivity index is 1.06. The van der Waals surface area contributed by atoms with Crippen LogP contribution in [0.3, 0.4) is 0 Å². The lowest BCUT2D eigenvalue weighted by atomic mass is 9.83. The lowest BCUT2D eigenvalue weighted by molar-refractivity contribution is -0.137. The number of piperazine rings is 1. The minimum absolute atomic E-state index is 0.197. The summed E-state index contributed by atoms with van der Waals surface area (Å²) in [5.41, 5.74) is 1.94. The van der Waals surface area contributed by atoms with Crippen LogP contribution in [0.4, 0.5) is 5.82 Å². The highest BCUT2D eigenvalue weighted by Gasteiger charge is 2.33. The van der Waals surface area contributed by atoms with Crippen molar-refractivity contribution < 1.29 is 9.53 Å². The number of benzene rings is 1. The third-order valence-electron chi connectivity index (χ3n) is 8.80. The molecule has 2 saturated heterocycles. The van der Waals surface area contributed by atoms with E-state index in [4.69, 9.17) is 4.74 Å². The Morgan fingerprint density at radius 1 is 0.974 bits per heavy atom. The fourth-order valence-electron chi connectivity index (χ4n) is 6.69. The summed E-state index contributed by atoms with van der Waals surface area (Å²) in [6.07, 6.45) is 12.0. The zero-order valence-corrected chi connectivity index (χ0v) is 23.2. The van der Waals surface area contributed by atoms with E-state index in [1.165, 1.54) is 45.2 Å². The number of rotatable bonds is 7. The van der Waals surface area contributed by atoms with Crippen molar-refractivity contribution >= 4 is 22.8 Å². The van der Waals surface area contributed by atoms with Crippen LogP contribution in [0.25, 0.3) is 11.0 Å². The average Bonchev–Trinajstić information content (AvgIpc) is 3.40. The van der Waals surface area contributed by atoms with Gasteiger partial charge in [0, 0.05) is 38.1 Å². The molecule has 0 bridgehead atoms. The molecule has 39 heavy (non-hydrogen) atoms. The van der Waals surface area contributed by atoms with Crippen LogP contribution in [0, 0.1) is 5.92 Å². The summed E-state index contributed by atoms with van der Waals surface area (Å²) in [4.78, 5) is 29.6. The van der Waals surface area contributed by atoms with E-state index in [9.17, 15) is 4.79 Å². The van der Waals surface area contributed by atoms with Crippen LogP contribution in [0.1, 0.15) is 57.4 Å². The Labute approximate surface area is 231 Å². The van der Waals surface area contributed by atoms with Crippen LogP contribution in [0.5, 0.6) is 5.75 Å². The Bertz CT molecular complexity index is 1260. The first-order valence-corrected chi connectivity index (χ1v) is 14.9. The van der Waals surface area contributed by atoms with E-state index in [1.807, 2.05) is 29.9 Å². The quantitative estimate of drug-likeness (QED) is 0.457. The van der Waals surface area contributed by atoms with Gasteiger partial charge in [0.05, 0.1) is 24.7 Å². The van der Waals surface area contributed by atoms with Gasteiger partial charge in [0.15, 0.2) is 5.65 Å². The predicted molar refractivity (Wildman–Crippen MR) is 152 cm³/mol. The molecule has 9 nitrogen and oxygen atoms in total. The van der Waals surface area contributed by atoms with E-state index < -0.39 is 0 Å². The number of piperidine rings is 1. The highest BCUT2D eigenvalue weighted by atomic mass is 16.5. The Hall–Kier alpha value is -3.20. The molecular weight excluding hydrogens is 490 g/mol. The first-order chi connectivity index (χ1) is 19.2. The number of aromatic nitrogens is 4. The van der Waals surface area contributed by atoms with Crippen LogP contribution in [-0.4, -0.2) is 87.4 Å². The van der Waals surface area contributed by atoms with Gasteiger partial charge in [-0.1, -0.05) is 18.6 Å². The van der Waals surface area contributed by atoms with Gasteiger partial charge in [-0.15, -0.1) is 0 Å². The van der Waals surface area contributed by atoms with Gasteiger partial charge in [0.25, 0.3) is 0 Å². The number of hydrogen-bond donors (Lipinski definition) is 0. The fraction of sp³-hybridized carbons (Fsp3) is 0.600. The molecule has 4 heterocycles. The highest BCUT2D eigenvalue weighted by Crippen LogP contribution is 2.31. The number of carbonyl (C=O) groups excluding carboxylic acids is 1. The predicted octanol–water partition coefficient (Wildman–Crippen LogP) is 3.97. The van der Waals surface area contributed by atoms with E-state index in [-0.39, 0.29) is 5.92 Å². The lowest BCUT2D eigenvalue weighted by Crippen LogP contribution is -2.51. The van der Waals surface area contributed by atoms with Crippen molar-refractivity contribution in [2.45, 2.75) is 64.5 Å². The molecule has 3 fully saturated rings. The number of likely N-dealkylation sites (tertiary alicyclic amines) is 1. The van der Waals surface area contributed by atoms with Gasteiger partial charge >= 0.3 is 0 Å². The molecule has 6 rings (SSSR count). The molecule has 2 aromatic heterocycles. The maximum atomic E-state index is 13.4. The largest absolute Gasteiger partial charge is 0.494 e. The van der Waals surface area contributed by atoms with Gasteiger partial charge in [-0.05, 0) is 76.2 Å². The number of carbonyl (C=O) groups is 1. The smallest absolute Gasteiger partial charge is 0.225 e. The molecule has 1 aromatic carbocycles. The van der Waals surface area contributed by atoms with Crippen LogP contribution in [-0.2, 0) is 11.3 Å². The zero-order chi connectivity index (χ0) is 26.6. The summed E-state index contributed by atoms with van der Waals surface area (Å²) >= 11 is 0. The summed E-state index contributed by atoms with van der Waals surface area (Å²) in [5, 5.41) is 5.60. The van der Waals surface area contributed by atoms with E-state index in [0.29, 0.717) is 25.1 Å². The summed E-state index contributed by atoms with van der Waals surface area (Å²) in [5.74, 6) is 2.33. The maximum absolute atomic E-state index is 13.4. The van der Waals surface area contributed by atoms with Gasteiger partial charge in [-0.2, -0.15) is 5.10 Å². The second-order valence-electron chi connectivity index (χ2n) is 11.2. The minimum Gasteiger partial charge on any atom is -0.494 e. The molecule has 208 valence electrons. The first kappa shape index (κ1) is 26.0. The molecule has 0 radical (unpaired) electrons. The molecule has 1 aliphatic carbocycles. The molecule has 3 aromatic rings. The molecule has 0 atom stereocenters. The van der Waals surface area contributed by atoms with Crippen LogP contribution in [0.2, 0.25) is 0 Å². The number of hydrogen-bond acceptors (Lipinski definition) is 7. The Morgan fingerprint density at radius 3 is 2.54 bits per heavy atom. The molecule has 9 heteroatoms. The maximum Gasteiger partial charge on any atom is 0.225 e. The molecule has 1 saturated carbocycles. The van der Waals surface area contributed by atoms with Crippen molar-refractivity contribution in [1.29, 1.82) is 0 Å². The van der Waals surface area contributed by atoms with Crippen molar-refractivity contribution in [2.24, 2.45) is 5.92 Å². The van der Waals surface area contributed by atoms with Crippen LogP contribution < -0.4 is 9.64 Å². The van der Waals surface area contributed by atoms with Crippen molar-refractivity contribution in [2.75, 3.05) is 50.8 Å². The highest BCUT2D eigenvalue weighted by molar-refractivity contribution is 5.87. The van der Waals surface area contributed by atoms with Crippen LogP contribution in [0.15, 0.2) is 36.8 Å². The first-order valence-electron chi connectivity index (χ1n) is 14.9. The minimum atomic E-state index is 0.197. The van der Waals surface area contributed by atoms with E-state index in [1.54, 1.807) is 6.33 Å². The van der Waals surface area contributed by atoms with Crippen molar-refractivity contribution in [3.8, 4) is 5.75 Å². The third kappa shape index (κ3) is 5.73. The van der Waals surface area contributed by atoms with E-state index in [2.05, 4.69) is 41.9 Å². The van der Waals surface area contributed by atoms with Gasteiger partial charge in [-0.3, -0.25) is 4.79 Å². The second kappa shape index (κ2) is 11.9. The van der Waals surface area contributed by atoms with E-state index in [0.717, 1.165) is 67.2 Å². The topological polar surface area (TPSA) is 79.6 Å². The van der Waals surface area contributed by atoms with Gasteiger partial charge in [0.1, 0.15) is 17.9 Å². The molecule has 0 spiro atoms. The normalized spacial score (nSPS) is 22.8. The second-order valence-corrected chi connectivity index (χ2v) is 11.2. The summed E-state index contributed by atoms with van der Waals surface area (Å²) < 4.78 is 7.58. The van der Waals surface area contributed by atoms with Crippen LogP contribution >= 0.6 is 0 Å². The summed E-state index contributed by atoms with van der Waals surface area (Å²) in [6.45, 7) is 8.80. The summed E-state index contributed by atoms with van der Waals surface area (Å²) in [6, 6.07) is 8.80. The molecule has 0 unspecified atom stereocenters. The molecule has 3 aliphatic rings. The zero-order valence-electron chi connectivity index (χ0n) is 23.2. The fourth-order valence-corrected chi connectivity index (χ4v) is 6.69. The molecule has 0 N–H and O–H groups in total. The summed E-state index contributed by atoms with van der Waals surface area (Å²) in [7, 11) is 0. The van der Waals surface area contributed by atoms with Gasteiger partial charge < -0.3 is 19.4 Å². The van der Waals surface area contributed by atoms with E-state index >= 15 is 0 Å². The van der Waals surface area contributed by atoms with Crippen molar-refractivity contribution in [1.82, 2.24) is 29.5 Å². The molecule has 1 amide bonds. The van der Waals surface area contributed by atoms with Crippen molar-refractivity contribution in [3.63, 3.8) is 0 Å². The number of amides is 1.